The fraction of sp³-hybridized carbons (Fsp3) is 0.0870. The number of nitrogens with zero attached hydrogens (tertiary/aromatic N) is 3. The molecule has 1 amide bonds. The second kappa shape index (κ2) is 9.48. The van der Waals surface area contributed by atoms with Gasteiger partial charge >= 0.3 is 11.2 Å². The Morgan fingerprint density at radius 3 is 2.44 bits per heavy atom. The molecular formula is C23H17F3N4O3S. The average molecular weight is 486 g/mol. The molecule has 34 heavy (non-hydrogen) atoms. The van der Waals surface area contributed by atoms with Crippen LogP contribution in [0.25, 0.3) is 5.69 Å². The number of imidazole rings is 1. The maximum absolute atomic E-state index is 12.9. The second-order valence-corrected chi connectivity index (χ2v) is 8.28. The molecule has 0 unspecified atom stereocenters. The van der Waals surface area contributed by atoms with Crippen molar-refractivity contribution < 1.29 is 23.1 Å². The van der Waals surface area contributed by atoms with E-state index in [-0.39, 0.29) is 40.7 Å². The molecule has 0 aliphatic carbocycles. The standard InChI is InChI=1S/C23H17F3N4O3S/c24-23(25,26)34-18-8-6-17(7-9-18)30-20(31)14-29(22(30)33)13-15-10-11-27-19(12-15)28-21(32)16-4-2-1-3-5-16/h1-12,14,31H,13H2,(H,27,28,32). The minimum atomic E-state index is -4.42. The predicted molar refractivity (Wildman–Crippen MR) is 121 cm³/mol. The highest BCUT2D eigenvalue weighted by molar-refractivity contribution is 8.00. The zero-order chi connectivity index (χ0) is 24.3. The number of aromatic nitrogens is 3. The summed E-state index contributed by atoms with van der Waals surface area (Å²) in [7, 11) is 0. The Morgan fingerprint density at radius 2 is 1.76 bits per heavy atom. The topological polar surface area (TPSA) is 89.2 Å². The van der Waals surface area contributed by atoms with Crippen LogP contribution >= 0.6 is 11.8 Å². The van der Waals surface area contributed by atoms with Crippen molar-refractivity contribution in [2.75, 3.05) is 5.32 Å². The monoisotopic (exact) mass is 486 g/mol. The Hall–Kier alpha value is -3.99. The first-order chi connectivity index (χ1) is 16.2. The summed E-state index contributed by atoms with van der Waals surface area (Å²) in [6.07, 6.45) is 2.71. The molecular weight excluding hydrogens is 469 g/mol. The molecule has 0 saturated heterocycles. The van der Waals surface area contributed by atoms with Gasteiger partial charge in [-0.25, -0.2) is 14.3 Å². The lowest BCUT2D eigenvalue weighted by atomic mass is 10.2. The molecule has 0 aliphatic heterocycles. The summed E-state index contributed by atoms with van der Waals surface area (Å²) in [4.78, 5) is 29.3. The number of benzene rings is 2. The van der Waals surface area contributed by atoms with Gasteiger partial charge in [0.25, 0.3) is 5.91 Å². The van der Waals surface area contributed by atoms with Gasteiger partial charge in [0.05, 0.1) is 18.4 Å². The molecule has 2 aromatic carbocycles. The first-order valence-electron chi connectivity index (χ1n) is 9.88. The summed E-state index contributed by atoms with van der Waals surface area (Å²) in [5, 5.41) is 13.0. The molecule has 2 N–H and O–H groups in total. The largest absolute Gasteiger partial charge is 0.493 e. The number of thioether (sulfide) groups is 1. The van der Waals surface area contributed by atoms with Crippen molar-refractivity contribution in [2.24, 2.45) is 0 Å². The molecule has 0 bridgehead atoms. The number of rotatable bonds is 6. The number of pyridine rings is 1. The minimum absolute atomic E-state index is 0.0370. The summed E-state index contributed by atoms with van der Waals surface area (Å²) < 4.78 is 39.8. The molecule has 0 spiro atoms. The van der Waals surface area contributed by atoms with Crippen LogP contribution in [0.1, 0.15) is 15.9 Å². The van der Waals surface area contributed by atoms with E-state index in [1.54, 1.807) is 42.5 Å². The van der Waals surface area contributed by atoms with E-state index in [4.69, 9.17) is 0 Å². The van der Waals surface area contributed by atoms with Crippen molar-refractivity contribution in [1.82, 2.24) is 14.1 Å². The third-order valence-electron chi connectivity index (χ3n) is 4.72. The summed E-state index contributed by atoms with van der Waals surface area (Å²) >= 11 is -0.267. The Labute approximate surface area is 195 Å². The maximum atomic E-state index is 12.9. The van der Waals surface area contributed by atoms with Crippen LogP contribution in [0.2, 0.25) is 0 Å². The van der Waals surface area contributed by atoms with Crippen LogP contribution in [-0.2, 0) is 6.54 Å². The fourth-order valence-electron chi connectivity index (χ4n) is 3.25. The SMILES string of the molecule is O=C(Nc1cc(Cn2cc(O)n(-c3ccc(SC(F)(F)F)cc3)c2=O)ccn1)c1ccccc1. The van der Waals surface area contributed by atoms with Gasteiger partial charge in [-0.15, -0.1) is 0 Å². The lowest BCUT2D eigenvalue weighted by Gasteiger charge is -2.08. The highest BCUT2D eigenvalue weighted by Crippen LogP contribution is 2.37. The van der Waals surface area contributed by atoms with Crippen molar-refractivity contribution in [3.05, 3.63) is 101 Å². The van der Waals surface area contributed by atoms with Gasteiger partial charge in [0.2, 0.25) is 5.88 Å². The molecule has 4 rings (SSSR count). The normalized spacial score (nSPS) is 11.4. The number of carbonyl (C=O) groups is 1. The van der Waals surface area contributed by atoms with Crippen LogP contribution in [0.5, 0.6) is 5.88 Å². The minimum Gasteiger partial charge on any atom is -0.493 e. The Balaban J connectivity index is 1.52. The molecule has 2 aromatic heterocycles. The van der Waals surface area contributed by atoms with Gasteiger partial charge in [-0.2, -0.15) is 13.2 Å². The summed E-state index contributed by atoms with van der Waals surface area (Å²) in [6.45, 7) is 0.0676. The highest BCUT2D eigenvalue weighted by Gasteiger charge is 2.29. The second-order valence-electron chi connectivity index (χ2n) is 7.14. The van der Waals surface area contributed by atoms with Crippen LogP contribution in [0, 0.1) is 0 Å². The summed E-state index contributed by atoms with van der Waals surface area (Å²) in [5.74, 6) is -0.410. The number of aromatic hydroxyl groups is 1. The lowest BCUT2D eigenvalue weighted by molar-refractivity contribution is -0.0328. The smallest absolute Gasteiger partial charge is 0.446 e. The number of hydrogen-bond donors (Lipinski definition) is 2. The van der Waals surface area contributed by atoms with Crippen LogP contribution in [0.4, 0.5) is 19.0 Å². The third-order valence-corrected chi connectivity index (χ3v) is 5.46. The van der Waals surface area contributed by atoms with Crippen molar-refractivity contribution in [1.29, 1.82) is 0 Å². The van der Waals surface area contributed by atoms with Gasteiger partial charge in [-0.1, -0.05) is 18.2 Å². The van der Waals surface area contributed by atoms with E-state index < -0.39 is 11.2 Å². The maximum Gasteiger partial charge on any atom is 0.446 e. The molecule has 0 radical (unpaired) electrons. The van der Waals surface area contributed by atoms with E-state index in [2.05, 4.69) is 10.3 Å². The number of halogens is 3. The number of amides is 1. The molecule has 7 nitrogen and oxygen atoms in total. The fourth-order valence-corrected chi connectivity index (χ4v) is 3.79. The van der Waals surface area contributed by atoms with Crippen LogP contribution in [-0.4, -0.2) is 30.6 Å². The number of anilines is 1. The number of carbonyl (C=O) groups excluding carboxylic acids is 1. The molecule has 0 saturated carbocycles. The summed E-state index contributed by atoms with van der Waals surface area (Å²) in [5.41, 5.74) is -3.69. The predicted octanol–water partition coefficient (Wildman–Crippen LogP) is 4.65. The van der Waals surface area contributed by atoms with Gasteiger partial charge in [0.15, 0.2) is 0 Å². The van der Waals surface area contributed by atoms with E-state index in [0.29, 0.717) is 16.9 Å². The number of hydrogen-bond acceptors (Lipinski definition) is 5. The van der Waals surface area contributed by atoms with Crippen molar-refractivity contribution in [3.63, 3.8) is 0 Å². The zero-order valence-electron chi connectivity index (χ0n) is 17.4. The molecule has 4 aromatic rings. The van der Waals surface area contributed by atoms with Gasteiger partial charge in [0.1, 0.15) is 5.82 Å². The molecule has 0 fully saturated rings. The molecule has 174 valence electrons. The first kappa shape index (κ1) is 23.2. The van der Waals surface area contributed by atoms with Crippen LogP contribution in [0.3, 0.4) is 0 Å². The Bertz CT molecular complexity index is 1370. The van der Waals surface area contributed by atoms with Crippen molar-refractivity contribution >= 4 is 23.5 Å². The van der Waals surface area contributed by atoms with E-state index in [1.165, 1.54) is 41.2 Å². The van der Waals surface area contributed by atoms with E-state index in [0.717, 1.165) is 4.57 Å². The lowest BCUT2D eigenvalue weighted by Crippen LogP contribution is -2.23. The summed E-state index contributed by atoms with van der Waals surface area (Å²) in [6, 6.07) is 17.0. The third kappa shape index (κ3) is 5.49. The van der Waals surface area contributed by atoms with E-state index in [1.807, 2.05) is 0 Å². The molecule has 0 aliphatic rings. The Morgan fingerprint density at radius 1 is 1.06 bits per heavy atom. The quantitative estimate of drug-likeness (QED) is 0.387. The number of nitrogens with one attached hydrogen (secondary N) is 1. The van der Waals surface area contributed by atoms with Crippen molar-refractivity contribution in [3.8, 4) is 11.6 Å². The van der Waals surface area contributed by atoms with Gasteiger partial charge in [-0.3, -0.25) is 9.36 Å². The van der Waals surface area contributed by atoms with Gasteiger partial charge in [-0.05, 0) is 65.9 Å². The van der Waals surface area contributed by atoms with Crippen molar-refractivity contribution in [2.45, 2.75) is 16.9 Å². The molecule has 0 atom stereocenters. The first-order valence-corrected chi connectivity index (χ1v) is 10.7. The van der Waals surface area contributed by atoms with Gasteiger partial charge < -0.3 is 10.4 Å². The molecule has 2 heterocycles. The zero-order valence-corrected chi connectivity index (χ0v) is 18.2. The van der Waals surface area contributed by atoms with Crippen LogP contribution in [0.15, 0.2) is 88.8 Å². The van der Waals surface area contributed by atoms with Gasteiger partial charge in [0, 0.05) is 16.7 Å². The van der Waals surface area contributed by atoms with E-state index in [9.17, 15) is 27.9 Å². The average Bonchev–Trinajstić information content (AvgIpc) is 3.07. The number of alkyl halides is 3. The molecule has 11 heteroatoms. The Kier molecular flexibility index (Phi) is 6.46. The van der Waals surface area contributed by atoms with E-state index >= 15 is 0 Å². The highest BCUT2D eigenvalue weighted by atomic mass is 32.2. The van der Waals surface area contributed by atoms with Crippen LogP contribution < -0.4 is 11.0 Å².